The first-order valence-electron chi connectivity index (χ1n) is 8.54. The van der Waals surface area contributed by atoms with Crippen molar-refractivity contribution in [2.24, 2.45) is 5.92 Å². The van der Waals surface area contributed by atoms with Gasteiger partial charge in [-0.2, -0.15) is 0 Å². The Morgan fingerprint density at radius 2 is 2.12 bits per heavy atom. The summed E-state index contributed by atoms with van der Waals surface area (Å²) in [5, 5.41) is 2.94. The Kier molecular flexibility index (Phi) is 5.63. The fraction of sp³-hybridized carbons (Fsp3) is 0.474. The summed E-state index contributed by atoms with van der Waals surface area (Å²) in [6.07, 6.45) is 3.03. The molecule has 1 aliphatic rings. The molecule has 4 nitrogen and oxygen atoms in total. The molecule has 24 heavy (non-hydrogen) atoms. The average Bonchev–Trinajstić information content (AvgIpc) is 3.22. The number of hydrogen-bond donors (Lipinski definition) is 0. The number of aromatic nitrogens is 1. The van der Waals surface area contributed by atoms with Gasteiger partial charge < -0.3 is 9.80 Å². The van der Waals surface area contributed by atoms with Crippen molar-refractivity contribution in [3.05, 3.63) is 52.0 Å². The van der Waals surface area contributed by atoms with E-state index in [1.54, 1.807) is 11.3 Å². The first kappa shape index (κ1) is 17.1. The third kappa shape index (κ3) is 4.42. The summed E-state index contributed by atoms with van der Waals surface area (Å²) in [5.74, 6) is 0.631. The number of aryl methyl sites for hydroxylation is 2. The highest BCUT2D eigenvalue weighted by molar-refractivity contribution is 7.09. The average molecular weight is 343 g/mol. The van der Waals surface area contributed by atoms with Crippen LogP contribution in [-0.2, 0) is 12.8 Å². The lowest BCUT2D eigenvalue weighted by atomic mass is 10.1. The predicted molar refractivity (Wildman–Crippen MR) is 98.5 cm³/mol. The number of hydrogen-bond acceptors (Lipinski definition) is 4. The number of thiazole rings is 1. The van der Waals surface area contributed by atoms with Crippen LogP contribution in [0.5, 0.6) is 0 Å². The molecular formula is C19H25N3OS. The number of benzene rings is 1. The molecule has 2 heterocycles. The number of carbonyl (C=O) groups excluding carboxylic acids is 1. The molecule has 0 unspecified atom stereocenters. The number of amides is 1. The van der Waals surface area contributed by atoms with E-state index < -0.39 is 0 Å². The molecule has 3 rings (SSSR count). The van der Waals surface area contributed by atoms with Gasteiger partial charge in [0.1, 0.15) is 5.69 Å². The van der Waals surface area contributed by atoms with Crippen molar-refractivity contribution in [1.29, 1.82) is 0 Å². The number of carbonyl (C=O) groups is 1. The van der Waals surface area contributed by atoms with Gasteiger partial charge in [-0.15, -0.1) is 11.3 Å². The van der Waals surface area contributed by atoms with E-state index in [1.165, 1.54) is 12.0 Å². The van der Waals surface area contributed by atoms with Crippen LogP contribution < -0.4 is 0 Å². The summed E-state index contributed by atoms with van der Waals surface area (Å²) in [6.45, 7) is 3.03. The maximum atomic E-state index is 12.6. The topological polar surface area (TPSA) is 36.4 Å². The van der Waals surface area contributed by atoms with E-state index in [0.29, 0.717) is 11.6 Å². The monoisotopic (exact) mass is 343 g/mol. The standard InChI is InChI=1S/C19H25N3OS/c1-21-11-10-16(12-21)13-22(2)19(23)17-14-24-18(20-17)9-8-15-6-4-3-5-7-15/h3-7,14,16H,8-13H2,1-2H3/t16-/m1/s1. The summed E-state index contributed by atoms with van der Waals surface area (Å²) >= 11 is 1.59. The van der Waals surface area contributed by atoms with Crippen molar-refractivity contribution in [2.45, 2.75) is 19.3 Å². The molecule has 1 saturated heterocycles. The first-order valence-corrected chi connectivity index (χ1v) is 9.42. The fourth-order valence-corrected chi connectivity index (χ4v) is 4.03. The molecule has 5 heteroatoms. The predicted octanol–water partition coefficient (Wildman–Crippen LogP) is 2.95. The summed E-state index contributed by atoms with van der Waals surface area (Å²) in [6, 6.07) is 10.4. The maximum absolute atomic E-state index is 12.6. The molecule has 128 valence electrons. The van der Waals surface area contributed by atoms with E-state index in [4.69, 9.17) is 0 Å². The second kappa shape index (κ2) is 7.90. The minimum absolute atomic E-state index is 0.0479. The highest BCUT2D eigenvalue weighted by Crippen LogP contribution is 2.18. The van der Waals surface area contributed by atoms with E-state index in [9.17, 15) is 4.79 Å². The van der Waals surface area contributed by atoms with Crippen molar-refractivity contribution in [1.82, 2.24) is 14.8 Å². The van der Waals surface area contributed by atoms with Crippen molar-refractivity contribution >= 4 is 17.2 Å². The van der Waals surface area contributed by atoms with E-state index in [2.05, 4.69) is 41.2 Å². The van der Waals surface area contributed by atoms with Gasteiger partial charge in [-0.05, 0) is 37.9 Å². The Morgan fingerprint density at radius 3 is 2.83 bits per heavy atom. The maximum Gasteiger partial charge on any atom is 0.273 e. The molecule has 0 spiro atoms. The molecule has 0 radical (unpaired) electrons. The quantitative estimate of drug-likeness (QED) is 0.809. The molecule has 1 aliphatic heterocycles. The van der Waals surface area contributed by atoms with E-state index >= 15 is 0 Å². The van der Waals surface area contributed by atoms with E-state index in [-0.39, 0.29) is 5.91 Å². The van der Waals surface area contributed by atoms with Crippen LogP contribution >= 0.6 is 11.3 Å². The molecule has 1 aromatic carbocycles. The Hall–Kier alpha value is -1.72. The molecule has 0 aliphatic carbocycles. The van der Waals surface area contributed by atoms with E-state index in [0.717, 1.165) is 37.5 Å². The Bertz CT molecular complexity index is 670. The van der Waals surface area contributed by atoms with Crippen molar-refractivity contribution < 1.29 is 4.79 Å². The van der Waals surface area contributed by atoms with Crippen molar-refractivity contribution in [3.8, 4) is 0 Å². The molecule has 1 amide bonds. The van der Waals surface area contributed by atoms with Crippen LogP contribution in [0.4, 0.5) is 0 Å². The molecule has 1 fully saturated rings. The van der Waals surface area contributed by atoms with Gasteiger partial charge in [0, 0.05) is 31.9 Å². The minimum Gasteiger partial charge on any atom is -0.340 e. The lowest BCUT2D eigenvalue weighted by Crippen LogP contribution is -2.33. The zero-order valence-electron chi connectivity index (χ0n) is 14.4. The van der Waals surface area contributed by atoms with Gasteiger partial charge in [-0.25, -0.2) is 4.98 Å². The summed E-state index contributed by atoms with van der Waals surface area (Å²) in [4.78, 5) is 21.3. The van der Waals surface area contributed by atoms with Crippen LogP contribution in [0, 0.1) is 5.92 Å². The molecule has 2 aromatic rings. The molecule has 1 atom stereocenters. The molecule has 0 saturated carbocycles. The second-order valence-electron chi connectivity index (χ2n) is 6.71. The van der Waals surface area contributed by atoms with E-state index in [1.807, 2.05) is 23.4 Å². The Labute approximate surface area is 148 Å². The Morgan fingerprint density at radius 1 is 1.33 bits per heavy atom. The highest BCUT2D eigenvalue weighted by Gasteiger charge is 2.24. The number of likely N-dealkylation sites (tertiary alicyclic amines) is 1. The van der Waals surface area contributed by atoms with Crippen molar-refractivity contribution in [3.63, 3.8) is 0 Å². The molecule has 0 bridgehead atoms. The van der Waals surface area contributed by atoms with Crippen LogP contribution in [0.15, 0.2) is 35.7 Å². The van der Waals surface area contributed by atoms with Crippen LogP contribution in [-0.4, -0.2) is 54.4 Å². The van der Waals surface area contributed by atoms with Crippen LogP contribution in [0.3, 0.4) is 0 Å². The lowest BCUT2D eigenvalue weighted by Gasteiger charge is -2.20. The number of nitrogens with zero attached hydrogens (tertiary/aromatic N) is 3. The van der Waals surface area contributed by atoms with Crippen molar-refractivity contribution in [2.75, 3.05) is 33.7 Å². The highest BCUT2D eigenvalue weighted by atomic mass is 32.1. The smallest absolute Gasteiger partial charge is 0.273 e. The largest absolute Gasteiger partial charge is 0.340 e. The number of rotatable bonds is 6. The molecule has 1 aromatic heterocycles. The van der Waals surface area contributed by atoms with Gasteiger partial charge in [0.25, 0.3) is 5.91 Å². The van der Waals surface area contributed by atoms with Gasteiger partial charge in [0.15, 0.2) is 0 Å². The second-order valence-corrected chi connectivity index (χ2v) is 7.66. The van der Waals surface area contributed by atoms with Crippen LogP contribution in [0.1, 0.15) is 27.5 Å². The van der Waals surface area contributed by atoms with Gasteiger partial charge in [-0.1, -0.05) is 30.3 Å². The third-order valence-corrected chi connectivity index (χ3v) is 5.52. The summed E-state index contributed by atoms with van der Waals surface area (Å²) in [7, 11) is 4.03. The third-order valence-electron chi connectivity index (χ3n) is 4.61. The fourth-order valence-electron chi connectivity index (χ4n) is 3.26. The Balaban J connectivity index is 1.53. The van der Waals surface area contributed by atoms with Gasteiger partial charge in [0.05, 0.1) is 5.01 Å². The minimum atomic E-state index is 0.0479. The normalized spacial score (nSPS) is 18.0. The molecular weight excluding hydrogens is 318 g/mol. The SMILES string of the molecule is CN1CC[C@@H](CN(C)C(=O)c2csc(CCc3ccccc3)n2)C1. The van der Waals surface area contributed by atoms with Crippen LogP contribution in [0.25, 0.3) is 0 Å². The summed E-state index contributed by atoms with van der Waals surface area (Å²) < 4.78 is 0. The van der Waals surface area contributed by atoms with Crippen LogP contribution in [0.2, 0.25) is 0 Å². The van der Waals surface area contributed by atoms with Gasteiger partial charge in [0.2, 0.25) is 0 Å². The zero-order chi connectivity index (χ0) is 16.9. The van der Waals surface area contributed by atoms with Gasteiger partial charge in [-0.3, -0.25) is 4.79 Å². The summed E-state index contributed by atoms with van der Waals surface area (Å²) in [5.41, 5.74) is 1.90. The molecule has 0 N–H and O–H groups in total. The first-order chi connectivity index (χ1) is 11.6. The van der Waals surface area contributed by atoms with Gasteiger partial charge >= 0.3 is 0 Å². The lowest BCUT2D eigenvalue weighted by molar-refractivity contribution is 0.0769. The zero-order valence-corrected chi connectivity index (χ0v) is 15.3.